The van der Waals surface area contributed by atoms with Gasteiger partial charge >= 0.3 is 5.97 Å². The van der Waals surface area contributed by atoms with E-state index in [9.17, 15) is 9.59 Å². The highest BCUT2D eigenvalue weighted by Crippen LogP contribution is 2.34. The summed E-state index contributed by atoms with van der Waals surface area (Å²) in [4.78, 5) is 25.1. The molecule has 1 N–H and O–H groups in total. The number of rotatable bonds is 9. The predicted molar refractivity (Wildman–Crippen MR) is 116 cm³/mol. The molecule has 1 aromatic heterocycles. The van der Waals surface area contributed by atoms with Crippen LogP contribution in [0.4, 0.5) is 5.69 Å². The van der Waals surface area contributed by atoms with Gasteiger partial charge in [-0.2, -0.15) is 0 Å². The fourth-order valence-corrected chi connectivity index (χ4v) is 3.05. The quantitative estimate of drug-likeness (QED) is 0.347. The van der Waals surface area contributed by atoms with Crippen molar-refractivity contribution in [2.75, 3.05) is 32.8 Å². The highest BCUT2D eigenvalue weighted by Gasteiger charge is 2.21. The van der Waals surface area contributed by atoms with E-state index in [-0.39, 0.29) is 30.2 Å². The monoisotopic (exact) mass is 489 g/mol. The maximum absolute atomic E-state index is 12.7. The summed E-state index contributed by atoms with van der Waals surface area (Å²) in [7, 11) is 2.90. The standard InChI is InChI=1S/C22H20BrNO7/c1-27-19-12-16(22(26)31-10-9-29-15-6-3-5-14(23)11-15)17(13-20(19)28-2)24-21(25)18-7-4-8-30-18/h3-8,11-13H,9-10H2,1-2H3,(H,24,25). The number of nitrogens with one attached hydrogen (secondary N) is 1. The molecule has 0 bridgehead atoms. The topological polar surface area (TPSA) is 96.2 Å². The summed E-state index contributed by atoms with van der Waals surface area (Å²) < 4.78 is 27.4. The fraction of sp³-hybridized carbons (Fsp3) is 0.182. The number of hydrogen-bond acceptors (Lipinski definition) is 7. The van der Waals surface area contributed by atoms with Crippen molar-refractivity contribution in [3.63, 3.8) is 0 Å². The molecule has 3 aromatic rings. The molecule has 0 unspecified atom stereocenters. The summed E-state index contributed by atoms with van der Waals surface area (Å²) in [5.74, 6) is 0.208. The summed E-state index contributed by atoms with van der Waals surface area (Å²) in [5, 5.41) is 2.64. The molecular weight excluding hydrogens is 470 g/mol. The minimum atomic E-state index is -0.659. The van der Waals surface area contributed by atoms with E-state index < -0.39 is 11.9 Å². The Morgan fingerprint density at radius 2 is 1.77 bits per heavy atom. The molecule has 0 fully saturated rings. The average molecular weight is 490 g/mol. The van der Waals surface area contributed by atoms with Crippen molar-refractivity contribution >= 4 is 33.5 Å². The Kier molecular flexibility index (Phi) is 7.55. The summed E-state index contributed by atoms with van der Waals surface area (Å²) in [5.41, 5.74) is 0.289. The van der Waals surface area contributed by atoms with E-state index >= 15 is 0 Å². The number of furan rings is 1. The number of methoxy groups -OCH3 is 2. The van der Waals surface area contributed by atoms with Crippen LogP contribution in [0.25, 0.3) is 0 Å². The van der Waals surface area contributed by atoms with Crippen LogP contribution in [0.5, 0.6) is 17.2 Å². The molecule has 0 aliphatic rings. The number of esters is 1. The predicted octanol–water partition coefficient (Wildman–Crippen LogP) is 4.55. The number of benzene rings is 2. The first kappa shape index (κ1) is 22.2. The van der Waals surface area contributed by atoms with Crippen LogP contribution in [0.3, 0.4) is 0 Å². The maximum Gasteiger partial charge on any atom is 0.340 e. The molecule has 2 aromatic carbocycles. The third-order valence-electron chi connectivity index (χ3n) is 4.12. The second kappa shape index (κ2) is 10.5. The van der Waals surface area contributed by atoms with Crippen LogP contribution in [0.15, 0.2) is 63.7 Å². The number of ether oxygens (including phenoxy) is 4. The van der Waals surface area contributed by atoms with Crippen molar-refractivity contribution < 1.29 is 33.0 Å². The molecule has 0 aliphatic heterocycles. The van der Waals surface area contributed by atoms with Gasteiger partial charge in [-0.3, -0.25) is 4.79 Å². The minimum absolute atomic E-state index is 0.00522. The molecule has 0 spiro atoms. The molecule has 3 rings (SSSR count). The van der Waals surface area contributed by atoms with Gasteiger partial charge in [0, 0.05) is 16.6 Å². The number of halogens is 1. The minimum Gasteiger partial charge on any atom is -0.493 e. The molecule has 1 amide bonds. The molecule has 8 nitrogen and oxygen atoms in total. The Morgan fingerprint density at radius 3 is 2.45 bits per heavy atom. The van der Waals surface area contributed by atoms with E-state index in [1.807, 2.05) is 12.1 Å². The largest absolute Gasteiger partial charge is 0.493 e. The lowest BCUT2D eigenvalue weighted by atomic mass is 10.1. The Hall–Kier alpha value is -3.46. The van der Waals surface area contributed by atoms with Crippen molar-refractivity contribution in [2.45, 2.75) is 0 Å². The molecule has 1 heterocycles. The first-order valence-corrected chi connectivity index (χ1v) is 9.97. The molecule has 9 heteroatoms. The van der Waals surface area contributed by atoms with Gasteiger partial charge in [0.1, 0.15) is 19.0 Å². The number of carbonyl (C=O) groups is 2. The van der Waals surface area contributed by atoms with Gasteiger partial charge in [0.05, 0.1) is 31.7 Å². The highest BCUT2D eigenvalue weighted by atomic mass is 79.9. The molecule has 0 aliphatic carbocycles. The van der Waals surface area contributed by atoms with Crippen molar-refractivity contribution in [1.29, 1.82) is 0 Å². The number of carbonyl (C=O) groups excluding carboxylic acids is 2. The molecule has 0 atom stereocenters. The summed E-state index contributed by atoms with van der Waals surface area (Å²) in [6.45, 7) is 0.162. The van der Waals surface area contributed by atoms with Crippen molar-refractivity contribution in [1.82, 2.24) is 0 Å². The third-order valence-corrected chi connectivity index (χ3v) is 4.61. The van der Waals surface area contributed by atoms with Crippen LogP contribution in [-0.4, -0.2) is 39.3 Å². The normalized spacial score (nSPS) is 10.3. The summed E-state index contributed by atoms with van der Waals surface area (Å²) in [6.07, 6.45) is 1.38. The first-order valence-electron chi connectivity index (χ1n) is 9.18. The lowest BCUT2D eigenvalue weighted by molar-refractivity contribution is 0.0451. The highest BCUT2D eigenvalue weighted by molar-refractivity contribution is 9.10. The van der Waals surface area contributed by atoms with Crippen LogP contribution in [0.2, 0.25) is 0 Å². The Labute approximate surface area is 187 Å². The zero-order valence-electron chi connectivity index (χ0n) is 16.8. The van der Waals surface area contributed by atoms with E-state index in [2.05, 4.69) is 21.2 Å². The van der Waals surface area contributed by atoms with Crippen LogP contribution in [0, 0.1) is 0 Å². The lowest BCUT2D eigenvalue weighted by Gasteiger charge is -2.15. The van der Waals surface area contributed by atoms with Gasteiger partial charge in [0.25, 0.3) is 5.91 Å². The average Bonchev–Trinajstić information content (AvgIpc) is 3.31. The van der Waals surface area contributed by atoms with Gasteiger partial charge in [-0.15, -0.1) is 0 Å². The number of hydrogen-bond donors (Lipinski definition) is 1. The van der Waals surface area contributed by atoms with Gasteiger partial charge in [0.2, 0.25) is 0 Å². The fourth-order valence-electron chi connectivity index (χ4n) is 2.67. The molecular formula is C22H20BrNO7. The molecule has 0 saturated carbocycles. The second-order valence-electron chi connectivity index (χ2n) is 6.13. The van der Waals surface area contributed by atoms with Crippen molar-refractivity contribution in [3.05, 3.63) is 70.6 Å². The van der Waals surface area contributed by atoms with Gasteiger partial charge in [-0.1, -0.05) is 22.0 Å². The second-order valence-corrected chi connectivity index (χ2v) is 7.04. The Morgan fingerprint density at radius 1 is 1.00 bits per heavy atom. The number of anilines is 1. The van der Waals surface area contributed by atoms with Gasteiger partial charge in [-0.25, -0.2) is 4.79 Å². The third kappa shape index (κ3) is 5.79. The van der Waals surface area contributed by atoms with Gasteiger partial charge in [-0.05, 0) is 30.3 Å². The Bertz CT molecular complexity index is 1050. The first-order chi connectivity index (χ1) is 15.0. The van der Waals surface area contributed by atoms with Crippen LogP contribution >= 0.6 is 15.9 Å². The van der Waals surface area contributed by atoms with Gasteiger partial charge in [0.15, 0.2) is 17.3 Å². The van der Waals surface area contributed by atoms with E-state index in [0.717, 1.165) is 4.47 Å². The van der Waals surface area contributed by atoms with Crippen LogP contribution in [0.1, 0.15) is 20.9 Å². The Balaban J connectivity index is 1.72. The van der Waals surface area contributed by atoms with Crippen LogP contribution < -0.4 is 19.5 Å². The smallest absolute Gasteiger partial charge is 0.340 e. The lowest BCUT2D eigenvalue weighted by Crippen LogP contribution is -2.17. The summed E-state index contributed by atoms with van der Waals surface area (Å²) >= 11 is 3.36. The van der Waals surface area contributed by atoms with Crippen molar-refractivity contribution in [3.8, 4) is 17.2 Å². The van der Waals surface area contributed by atoms with Gasteiger partial charge < -0.3 is 28.7 Å². The zero-order valence-corrected chi connectivity index (χ0v) is 18.4. The van der Waals surface area contributed by atoms with Crippen molar-refractivity contribution in [2.24, 2.45) is 0 Å². The molecule has 162 valence electrons. The zero-order chi connectivity index (χ0) is 22.2. The molecule has 0 radical (unpaired) electrons. The maximum atomic E-state index is 12.7. The molecule has 31 heavy (non-hydrogen) atoms. The van der Waals surface area contributed by atoms with E-state index in [1.54, 1.807) is 18.2 Å². The summed E-state index contributed by atoms with van der Waals surface area (Å²) in [6, 6.07) is 13.3. The number of amides is 1. The SMILES string of the molecule is COc1cc(NC(=O)c2ccco2)c(C(=O)OCCOc2cccc(Br)c2)cc1OC. The molecule has 0 saturated heterocycles. The van der Waals surface area contributed by atoms with E-state index in [1.165, 1.54) is 38.7 Å². The van der Waals surface area contributed by atoms with E-state index in [0.29, 0.717) is 17.2 Å². The van der Waals surface area contributed by atoms with Crippen LogP contribution in [-0.2, 0) is 4.74 Å². The van der Waals surface area contributed by atoms with E-state index in [4.69, 9.17) is 23.4 Å².